The Morgan fingerprint density at radius 1 is 1.55 bits per heavy atom. The summed E-state index contributed by atoms with van der Waals surface area (Å²) in [5.74, 6) is -0.304. The van der Waals surface area contributed by atoms with E-state index in [1.54, 1.807) is 13.8 Å². The van der Waals surface area contributed by atoms with Crippen molar-refractivity contribution < 1.29 is 9.53 Å². The van der Waals surface area contributed by atoms with Crippen molar-refractivity contribution in [3.05, 3.63) is 0 Å². The number of esters is 1. The molecule has 0 aliphatic carbocycles. The van der Waals surface area contributed by atoms with Gasteiger partial charge in [0.15, 0.2) is 0 Å². The monoisotopic (exact) mass is 159 g/mol. The van der Waals surface area contributed by atoms with Crippen LogP contribution in [0.15, 0.2) is 0 Å². The molecule has 0 aromatic heterocycles. The number of rotatable bonds is 4. The first kappa shape index (κ1) is 10.4. The van der Waals surface area contributed by atoms with E-state index in [2.05, 4.69) is 0 Å². The topological polar surface area (TPSA) is 52.3 Å². The second-order valence-electron chi connectivity index (χ2n) is 2.89. The fourth-order valence-electron chi connectivity index (χ4n) is 0.917. The molecule has 0 saturated carbocycles. The molecule has 11 heavy (non-hydrogen) atoms. The SMILES string of the molecule is CCCC(C)(N)C(=O)OCC. The van der Waals surface area contributed by atoms with E-state index < -0.39 is 5.54 Å². The van der Waals surface area contributed by atoms with E-state index >= 15 is 0 Å². The predicted octanol–water partition coefficient (Wildman–Crippen LogP) is 1.07. The van der Waals surface area contributed by atoms with Gasteiger partial charge in [0.05, 0.1) is 6.61 Å². The highest BCUT2D eigenvalue weighted by Gasteiger charge is 2.28. The van der Waals surface area contributed by atoms with Gasteiger partial charge in [0.1, 0.15) is 5.54 Å². The highest BCUT2D eigenvalue weighted by Crippen LogP contribution is 2.10. The number of nitrogens with two attached hydrogens (primary N) is 1. The van der Waals surface area contributed by atoms with Crippen molar-refractivity contribution in [1.82, 2.24) is 0 Å². The molecule has 0 amide bonds. The average molecular weight is 159 g/mol. The molecule has 0 heterocycles. The molecule has 0 radical (unpaired) electrons. The normalized spacial score (nSPS) is 15.6. The average Bonchev–Trinajstić information content (AvgIpc) is 1.88. The summed E-state index contributed by atoms with van der Waals surface area (Å²) >= 11 is 0. The van der Waals surface area contributed by atoms with Crippen molar-refractivity contribution in [3.63, 3.8) is 0 Å². The molecular formula is C8H17NO2. The number of hydrogen-bond donors (Lipinski definition) is 1. The van der Waals surface area contributed by atoms with Gasteiger partial charge in [0.2, 0.25) is 0 Å². The Balaban J connectivity index is 3.94. The Labute approximate surface area is 67.9 Å². The first-order valence-electron chi connectivity index (χ1n) is 4.00. The van der Waals surface area contributed by atoms with Crippen LogP contribution in [0, 0.1) is 0 Å². The Hall–Kier alpha value is -0.570. The van der Waals surface area contributed by atoms with Gasteiger partial charge in [-0.2, -0.15) is 0 Å². The molecule has 0 aromatic carbocycles. The first-order valence-corrected chi connectivity index (χ1v) is 4.00. The van der Waals surface area contributed by atoms with Crippen LogP contribution in [0.4, 0.5) is 0 Å². The molecule has 3 heteroatoms. The smallest absolute Gasteiger partial charge is 0.325 e. The minimum atomic E-state index is -0.801. The minimum Gasteiger partial charge on any atom is -0.465 e. The quantitative estimate of drug-likeness (QED) is 0.624. The second-order valence-corrected chi connectivity index (χ2v) is 2.89. The summed E-state index contributed by atoms with van der Waals surface area (Å²) < 4.78 is 4.80. The van der Waals surface area contributed by atoms with Gasteiger partial charge in [-0.3, -0.25) is 4.79 Å². The van der Waals surface area contributed by atoms with E-state index in [1.165, 1.54) is 0 Å². The molecule has 0 aliphatic heterocycles. The molecule has 1 atom stereocenters. The predicted molar refractivity (Wildman–Crippen MR) is 44.1 cm³/mol. The van der Waals surface area contributed by atoms with Crippen LogP contribution in [0.2, 0.25) is 0 Å². The number of carbonyl (C=O) groups excluding carboxylic acids is 1. The van der Waals surface area contributed by atoms with E-state index in [1.807, 2.05) is 6.92 Å². The number of carbonyl (C=O) groups is 1. The van der Waals surface area contributed by atoms with Crippen molar-refractivity contribution in [2.75, 3.05) is 6.61 Å². The maximum Gasteiger partial charge on any atom is 0.325 e. The van der Waals surface area contributed by atoms with E-state index in [0.29, 0.717) is 13.0 Å². The first-order chi connectivity index (χ1) is 5.04. The van der Waals surface area contributed by atoms with Gasteiger partial charge in [-0.05, 0) is 20.3 Å². The molecule has 2 N–H and O–H groups in total. The van der Waals surface area contributed by atoms with Gasteiger partial charge in [-0.1, -0.05) is 13.3 Å². The van der Waals surface area contributed by atoms with Crippen molar-refractivity contribution in [1.29, 1.82) is 0 Å². The molecule has 0 spiro atoms. The van der Waals surface area contributed by atoms with E-state index in [9.17, 15) is 4.79 Å². The Bertz CT molecular complexity index is 132. The summed E-state index contributed by atoms with van der Waals surface area (Å²) in [5, 5.41) is 0. The molecule has 66 valence electrons. The number of ether oxygens (including phenoxy) is 1. The van der Waals surface area contributed by atoms with Crippen LogP contribution in [-0.4, -0.2) is 18.1 Å². The van der Waals surface area contributed by atoms with Crippen LogP contribution in [0.3, 0.4) is 0 Å². The Morgan fingerprint density at radius 3 is 2.45 bits per heavy atom. The second kappa shape index (κ2) is 4.34. The van der Waals surface area contributed by atoms with Crippen LogP contribution in [-0.2, 0) is 9.53 Å². The van der Waals surface area contributed by atoms with E-state index in [-0.39, 0.29) is 5.97 Å². The van der Waals surface area contributed by atoms with Gasteiger partial charge in [0.25, 0.3) is 0 Å². The van der Waals surface area contributed by atoms with Gasteiger partial charge in [-0.15, -0.1) is 0 Å². The molecule has 0 bridgehead atoms. The summed E-state index contributed by atoms with van der Waals surface area (Å²) in [7, 11) is 0. The maximum absolute atomic E-state index is 11.1. The van der Waals surface area contributed by atoms with Gasteiger partial charge < -0.3 is 10.5 Å². The Morgan fingerprint density at radius 2 is 2.09 bits per heavy atom. The Kier molecular flexibility index (Phi) is 4.11. The summed E-state index contributed by atoms with van der Waals surface area (Å²) in [6.07, 6.45) is 1.57. The molecule has 3 nitrogen and oxygen atoms in total. The maximum atomic E-state index is 11.1. The van der Waals surface area contributed by atoms with Crippen LogP contribution in [0.1, 0.15) is 33.6 Å². The van der Waals surface area contributed by atoms with Gasteiger partial charge in [-0.25, -0.2) is 0 Å². The summed E-state index contributed by atoms with van der Waals surface area (Å²) in [5.41, 5.74) is 4.88. The lowest BCUT2D eigenvalue weighted by molar-refractivity contribution is -0.149. The van der Waals surface area contributed by atoms with E-state index in [0.717, 1.165) is 6.42 Å². The summed E-state index contributed by atoms with van der Waals surface area (Å²) in [6, 6.07) is 0. The van der Waals surface area contributed by atoms with Crippen LogP contribution in [0.25, 0.3) is 0 Å². The summed E-state index contributed by atoms with van der Waals surface area (Å²) in [4.78, 5) is 11.1. The lowest BCUT2D eigenvalue weighted by Crippen LogP contribution is -2.45. The molecule has 0 aliphatic rings. The fraction of sp³-hybridized carbons (Fsp3) is 0.875. The molecule has 0 fully saturated rings. The molecule has 0 saturated heterocycles. The largest absolute Gasteiger partial charge is 0.465 e. The lowest BCUT2D eigenvalue weighted by atomic mass is 9.98. The number of hydrogen-bond acceptors (Lipinski definition) is 3. The summed E-state index contributed by atoms with van der Waals surface area (Å²) in [6.45, 7) is 5.87. The van der Waals surface area contributed by atoms with Crippen molar-refractivity contribution >= 4 is 5.97 Å². The zero-order valence-electron chi connectivity index (χ0n) is 7.52. The van der Waals surface area contributed by atoms with Gasteiger partial charge in [0, 0.05) is 0 Å². The third-order valence-corrected chi connectivity index (χ3v) is 1.51. The van der Waals surface area contributed by atoms with Crippen molar-refractivity contribution in [2.45, 2.75) is 39.2 Å². The fourth-order valence-corrected chi connectivity index (χ4v) is 0.917. The third kappa shape index (κ3) is 3.37. The van der Waals surface area contributed by atoms with Crippen LogP contribution in [0.5, 0.6) is 0 Å². The highest BCUT2D eigenvalue weighted by molar-refractivity contribution is 5.79. The zero-order chi connectivity index (χ0) is 8.91. The standard InChI is InChI=1S/C8H17NO2/c1-4-6-8(3,9)7(10)11-5-2/h4-6,9H2,1-3H3. The third-order valence-electron chi connectivity index (χ3n) is 1.51. The van der Waals surface area contributed by atoms with Crippen LogP contribution >= 0.6 is 0 Å². The van der Waals surface area contributed by atoms with Crippen LogP contribution < -0.4 is 5.73 Å². The zero-order valence-corrected chi connectivity index (χ0v) is 7.52. The lowest BCUT2D eigenvalue weighted by Gasteiger charge is -2.20. The molecule has 0 aromatic rings. The molecule has 0 rings (SSSR count). The highest BCUT2D eigenvalue weighted by atomic mass is 16.5. The molecule has 1 unspecified atom stereocenters. The molecular weight excluding hydrogens is 142 g/mol. The van der Waals surface area contributed by atoms with Gasteiger partial charge >= 0.3 is 5.97 Å². The van der Waals surface area contributed by atoms with E-state index in [4.69, 9.17) is 10.5 Å². The van der Waals surface area contributed by atoms with Crippen molar-refractivity contribution in [2.24, 2.45) is 5.73 Å². The minimum absolute atomic E-state index is 0.304. The van der Waals surface area contributed by atoms with Crippen molar-refractivity contribution in [3.8, 4) is 0 Å².